The lowest BCUT2D eigenvalue weighted by Gasteiger charge is -2.24. The van der Waals surface area contributed by atoms with Crippen molar-refractivity contribution in [3.8, 4) is 11.1 Å². The predicted octanol–water partition coefficient (Wildman–Crippen LogP) is 5.02. The van der Waals surface area contributed by atoms with Crippen LogP contribution in [-0.2, 0) is 0 Å². The number of nitrogens with two attached hydrogens (primary N) is 2. The molecule has 0 saturated heterocycles. The second kappa shape index (κ2) is 8.04. The van der Waals surface area contributed by atoms with E-state index in [1.165, 1.54) is 16.7 Å². The average Bonchev–Trinajstić information content (AvgIpc) is 3.19. The average molecular weight is 413 g/mol. The van der Waals surface area contributed by atoms with Gasteiger partial charge in [0.05, 0.1) is 17.6 Å². The maximum atomic E-state index is 6.08. The number of aryl methyl sites for hydroxylation is 1. The molecule has 6 heteroatoms. The van der Waals surface area contributed by atoms with Gasteiger partial charge in [-0.05, 0) is 61.4 Å². The monoisotopic (exact) mass is 412 g/mol. The van der Waals surface area contributed by atoms with Crippen molar-refractivity contribution in [1.82, 2.24) is 14.6 Å². The number of hydrogen-bond donors (Lipinski definition) is 3. The molecule has 4 aromatic rings. The summed E-state index contributed by atoms with van der Waals surface area (Å²) >= 11 is 0. The number of nitrogen functional groups attached to an aromatic ring is 1. The van der Waals surface area contributed by atoms with Crippen molar-refractivity contribution in [2.24, 2.45) is 5.73 Å². The minimum atomic E-state index is 0.321. The maximum absolute atomic E-state index is 6.08. The zero-order valence-electron chi connectivity index (χ0n) is 17.8. The summed E-state index contributed by atoms with van der Waals surface area (Å²) in [6, 6.07) is 19.0. The topological polar surface area (TPSA) is 94.3 Å². The van der Waals surface area contributed by atoms with Gasteiger partial charge < -0.3 is 16.8 Å². The van der Waals surface area contributed by atoms with Gasteiger partial charge in [-0.3, -0.25) is 0 Å². The lowest BCUT2D eigenvalue weighted by Crippen LogP contribution is -2.25. The van der Waals surface area contributed by atoms with Crippen LogP contribution in [0.15, 0.2) is 60.8 Å². The number of rotatable bonds is 4. The van der Waals surface area contributed by atoms with Crippen LogP contribution in [0.3, 0.4) is 0 Å². The van der Waals surface area contributed by atoms with Crippen LogP contribution in [0.5, 0.6) is 0 Å². The summed E-state index contributed by atoms with van der Waals surface area (Å²) in [5, 5.41) is 7.92. The normalized spacial score (nSPS) is 18.9. The molecule has 5 rings (SSSR count). The minimum absolute atomic E-state index is 0.321. The standard InChI is InChI=1S/C25H28N6/c1-16-4-2-3-5-21(16)17-8-12-20(13-9-17)28-22-14-24(27)30-31-15-23(29-25(22)31)18-6-10-19(26)11-7-18/h2-5,8-9,12-15,18-19,28H,6-7,10-11,26H2,1H3,(H2,27,30)/t18-,19-. The van der Waals surface area contributed by atoms with E-state index < -0.39 is 0 Å². The van der Waals surface area contributed by atoms with Crippen molar-refractivity contribution in [3.05, 3.63) is 72.1 Å². The van der Waals surface area contributed by atoms with Gasteiger partial charge in [0.2, 0.25) is 0 Å². The fraction of sp³-hybridized carbons (Fsp3) is 0.280. The first kappa shape index (κ1) is 19.6. The molecule has 2 aromatic heterocycles. The second-order valence-electron chi connectivity index (χ2n) is 8.55. The molecule has 6 nitrogen and oxygen atoms in total. The summed E-state index contributed by atoms with van der Waals surface area (Å²) < 4.78 is 1.79. The van der Waals surface area contributed by atoms with Crippen molar-refractivity contribution in [2.75, 3.05) is 11.1 Å². The highest BCUT2D eigenvalue weighted by Crippen LogP contribution is 2.33. The maximum Gasteiger partial charge on any atom is 0.177 e. The summed E-state index contributed by atoms with van der Waals surface area (Å²) in [7, 11) is 0. The Balaban J connectivity index is 1.43. The molecule has 0 spiro atoms. The molecule has 1 saturated carbocycles. The highest BCUT2D eigenvalue weighted by molar-refractivity contribution is 5.77. The Bertz CT molecular complexity index is 1200. The molecule has 31 heavy (non-hydrogen) atoms. The van der Waals surface area contributed by atoms with Crippen LogP contribution < -0.4 is 16.8 Å². The molecule has 0 amide bonds. The SMILES string of the molecule is Cc1ccccc1-c1ccc(Nc2cc(N)nn3cc([C@H]4CC[C@H](N)CC4)nc23)cc1. The Kier molecular flexibility index (Phi) is 5.08. The van der Waals surface area contributed by atoms with Gasteiger partial charge in [0.25, 0.3) is 0 Å². The van der Waals surface area contributed by atoms with Crippen LogP contribution in [0, 0.1) is 6.92 Å². The molecule has 1 aliphatic carbocycles. The summed E-state index contributed by atoms with van der Waals surface area (Å²) in [6.07, 6.45) is 6.26. The van der Waals surface area contributed by atoms with Crippen molar-refractivity contribution in [3.63, 3.8) is 0 Å². The Labute approximate surface area is 182 Å². The molecule has 1 aliphatic rings. The number of imidazole rings is 1. The van der Waals surface area contributed by atoms with Gasteiger partial charge in [0, 0.05) is 23.7 Å². The third-order valence-corrected chi connectivity index (χ3v) is 6.27. The van der Waals surface area contributed by atoms with E-state index in [0.29, 0.717) is 17.8 Å². The highest BCUT2D eigenvalue weighted by atomic mass is 15.3. The van der Waals surface area contributed by atoms with E-state index in [0.717, 1.165) is 48.4 Å². The fourth-order valence-corrected chi connectivity index (χ4v) is 4.50. The van der Waals surface area contributed by atoms with Crippen molar-refractivity contribution >= 4 is 22.8 Å². The van der Waals surface area contributed by atoms with Crippen LogP contribution in [0.1, 0.15) is 42.9 Å². The molecule has 0 aliphatic heterocycles. The molecule has 2 heterocycles. The van der Waals surface area contributed by atoms with Crippen LogP contribution in [-0.4, -0.2) is 20.6 Å². The number of nitrogens with zero attached hydrogens (tertiary/aromatic N) is 3. The van der Waals surface area contributed by atoms with Crippen molar-refractivity contribution < 1.29 is 0 Å². The van der Waals surface area contributed by atoms with Gasteiger partial charge in [0.1, 0.15) is 5.82 Å². The summed E-state index contributed by atoms with van der Waals surface area (Å²) in [4.78, 5) is 4.92. The van der Waals surface area contributed by atoms with E-state index >= 15 is 0 Å². The number of anilines is 3. The van der Waals surface area contributed by atoms with Crippen molar-refractivity contribution in [1.29, 1.82) is 0 Å². The largest absolute Gasteiger partial charge is 0.382 e. The van der Waals surface area contributed by atoms with Crippen LogP contribution >= 0.6 is 0 Å². The lowest BCUT2D eigenvalue weighted by molar-refractivity contribution is 0.391. The zero-order valence-corrected chi connectivity index (χ0v) is 17.8. The summed E-state index contributed by atoms with van der Waals surface area (Å²) in [6.45, 7) is 2.13. The molecule has 0 atom stereocenters. The Morgan fingerprint density at radius 3 is 2.48 bits per heavy atom. The van der Waals surface area contributed by atoms with E-state index in [9.17, 15) is 0 Å². The molecule has 158 valence electrons. The third-order valence-electron chi connectivity index (χ3n) is 6.27. The first-order valence-corrected chi connectivity index (χ1v) is 10.9. The van der Waals surface area contributed by atoms with Gasteiger partial charge in [-0.25, -0.2) is 9.50 Å². The van der Waals surface area contributed by atoms with Crippen LogP contribution in [0.4, 0.5) is 17.2 Å². The fourth-order valence-electron chi connectivity index (χ4n) is 4.50. The van der Waals surface area contributed by atoms with Crippen LogP contribution in [0.2, 0.25) is 0 Å². The smallest absolute Gasteiger partial charge is 0.177 e. The first-order valence-electron chi connectivity index (χ1n) is 10.9. The summed E-state index contributed by atoms with van der Waals surface area (Å²) in [5.74, 6) is 0.894. The third kappa shape index (κ3) is 3.99. The number of nitrogens with one attached hydrogen (secondary N) is 1. The number of hydrogen-bond acceptors (Lipinski definition) is 5. The van der Waals surface area contributed by atoms with Gasteiger partial charge >= 0.3 is 0 Å². The van der Waals surface area contributed by atoms with E-state index in [1.807, 2.05) is 12.3 Å². The quantitative estimate of drug-likeness (QED) is 0.438. The predicted molar refractivity (Wildman–Crippen MR) is 126 cm³/mol. The molecule has 2 aromatic carbocycles. The highest BCUT2D eigenvalue weighted by Gasteiger charge is 2.23. The first-order chi connectivity index (χ1) is 15.1. The second-order valence-corrected chi connectivity index (χ2v) is 8.55. The van der Waals surface area contributed by atoms with Crippen molar-refractivity contribution in [2.45, 2.75) is 44.6 Å². The molecular weight excluding hydrogens is 384 g/mol. The Morgan fingerprint density at radius 2 is 1.74 bits per heavy atom. The van der Waals surface area contributed by atoms with Gasteiger partial charge in [0.15, 0.2) is 5.65 Å². The summed E-state index contributed by atoms with van der Waals surface area (Å²) in [5.41, 5.74) is 19.6. The van der Waals surface area contributed by atoms with Crippen LogP contribution in [0.25, 0.3) is 16.8 Å². The molecule has 0 unspecified atom stereocenters. The van der Waals surface area contributed by atoms with E-state index in [1.54, 1.807) is 4.52 Å². The Hall–Kier alpha value is -3.38. The van der Waals surface area contributed by atoms with E-state index in [-0.39, 0.29) is 0 Å². The number of aromatic nitrogens is 3. The zero-order chi connectivity index (χ0) is 21.4. The van der Waals surface area contributed by atoms with Gasteiger partial charge in [-0.2, -0.15) is 0 Å². The van der Waals surface area contributed by atoms with E-state index in [4.69, 9.17) is 16.5 Å². The number of benzene rings is 2. The number of fused-ring (bicyclic) bond motifs is 1. The minimum Gasteiger partial charge on any atom is -0.382 e. The van der Waals surface area contributed by atoms with Gasteiger partial charge in [-0.1, -0.05) is 36.4 Å². The molecule has 5 N–H and O–H groups in total. The van der Waals surface area contributed by atoms with Gasteiger partial charge in [-0.15, -0.1) is 5.10 Å². The lowest BCUT2D eigenvalue weighted by atomic mass is 9.85. The Morgan fingerprint density at radius 1 is 1.00 bits per heavy atom. The molecule has 0 radical (unpaired) electrons. The molecule has 0 bridgehead atoms. The molecule has 1 fully saturated rings. The molecular formula is C25H28N6. The van der Waals surface area contributed by atoms with E-state index in [2.05, 4.69) is 65.9 Å².